The second kappa shape index (κ2) is 5.90. The topological polar surface area (TPSA) is 55.4 Å². The molecule has 1 aromatic carbocycles. The number of hydrogen-bond acceptors (Lipinski definition) is 3. The molecule has 0 bridgehead atoms. The summed E-state index contributed by atoms with van der Waals surface area (Å²) in [6.45, 7) is 1.98. The predicted octanol–water partition coefficient (Wildman–Crippen LogP) is 1.23. The van der Waals surface area contributed by atoms with Gasteiger partial charge in [-0.2, -0.15) is 0 Å². The Morgan fingerprint density at radius 2 is 1.94 bits per heavy atom. The fraction of sp³-hybridized carbons (Fsp3) is 0.333. The third-order valence-electron chi connectivity index (χ3n) is 2.21. The molecule has 0 aliphatic rings. The summed E-state index contributed by atoms with van der Waals surface area (Å²) in [4.78, 5) is 22.7. The Hall–Kier alpha value is -1.84. The molecule has 1 aromatic rings. The number of methoxy groups -OCH3 is 1. The molecule has 0 saturated heterocycles. The van der Waals surface area contributed by atoms with E-state index in [4.69, 9.17) is 0 Å². The normalized spacial score (nSPS) is 11.6. The van der Waals surface area contributed by atoms with E-state index in [2.05, 4.69) is 10.1 Å². The first-order chi connectivity index (χ1) is 7.65. The van der Waals surface area contributed by atoms with Crippen molar-refractivity contribution in [3.05, 3.63) is 35.9 Å². The van der Waals surface area contributed by atoms with E-state index in [1.807, 2.05) is 6.07 Å². The molecule has 0 spiro atoms. The molecule has 0 aromatic heterocycles. The molecule has 1 atom stereocenters. The third kappa shape index (κ3) is 3.38. The lowest BCUT2D eigenvalue weighted by Gasteiger charge is -2.10. The van der Waals surface area contributed by atoms with Gasteiger partial charge in [0.25, 0.3) is 5.91 Å². The van der Waals surface area contributed by atoms with Crippen LogP contribution in [0.4, 0.5) is 0 Å². The Labute approximate surface area is 94.6 Å². The van der Waals surface area contributed by atoms with E-state index >= 15 is 0 Å². The van der Waals surface area contributed by atoms with Gasteiger partial charge in [-0.3, -0.25) is 9.59 Å². The molecular formula is C12H15NO3. The Morgan fingerprint density at radius 1 is 1.31 bits per heavy atom. The lowest BCUT2D eigenvalue weighted by Crippen LogP contribution is -2.32. The first kappa shape index (κ1) is 12.2. The first-order valence-electron chi connectivity index (χ1n) is 5.06. The fourth-order valence-electron chi connectivity index (χ4n) is 1.22. The minimum atomic E-state index is -0.335. The van der Waals surface area contributed by atoms with E-state index in [1.54, 1.807) is 31.2 Å². The monoisotopic (exact) mass is 221 g/mol. The van der Waals surface area contributed by atoms with Gasteiger partial charge < -0.3 is 10.1 Å². The van der Waals surface area contributed by atoms with Gasteiger partial charge in [-0.15, -0.1) is 0 Å². The van der Waals surface area contributed by atoms with Gasteiger partial charge in [0, 0.05) is 12.1 Å². The zero-order chi connectivity index (χ0) is 12.0. The maximum Gasteiger partial charge on any atom is 0.310 e. The molecule has 1 amide bonds. The maximum atomic E-state index is 11.6. The molecule has 1 rings (SSSR count). The number of amides is 1. The van der Waals surface area contributed by atoms with Crippen molar-refractivity contribution < 1.29 is 14.3 Å². The summed E-state index contributed by atoms with van der Waals surface area (Å²) < 4.78 is 4.56. The SMILES string of the molecule is COC(=O)[C@@H](C)CNC(=O)c1ccccc1. The fourth-order valence-corrected chi connectivity index (χ4v) is 1.22. The summed E-state index contributed by atoms with van der Waals surface area (Å²) in [5.74, 6) is -0.845. The van der Waals surface area contributed by atoms with Crippen LogP contribution in [0.1, 0.15) is 17.3 Å². The number of nitrogens with one attached hydrogen (secondary N) is 1. The largest absolute Gasteiger partial charge is 0.469 e. The smallest absolute Gasteiger partial charge is 0.310 e. The highest BCUT2D eigenvalue weighted by molar-refractivity contribution is 5.94. The van der Waals surface area contributed by atoms with Gasteiger partial charge >= 0.3 is 5.97 Å². The number of hydrogen-bond donors (Lipinski definition) is 1. The van der Waals surface area contributed by atoms with Gasteiger partial charge in [0.2, 0.25) is 0 Å². The second-order valence-electron chi connectivity index (χ2n) is 3.50. The highest BCUT2D eigenvalue weighted by Crippen LogP contribution is 2.00. The molecular weight excluding hydrogens is 206 g/mol. The molecule has 16 heavy (non-hydrogen) atoms. The highest BCUT2D eigenvalue weighted by atomic mass is 16.5. The Bertz CT molecular complexity index is 362. The molecule has 0 fully saturated rings. The van der Waals surface area contributed by atoms with E-state index in [-0.39, 0.29) is 24.3 Å². The van der Waals surface area contributed by atoms with Gasteiger partial charge in [-0.25, -0.2) is 0 Å². The quantitative estimate of drug-likeness (QED) is 0.778. The van der Waals surface area contributed by atoms with E-state index in [1.165, 1.54) is 7.11 Å². The Kier molecular flexibility index (Phi) is 4.51. The maximum absolute atomic E-state index is 11.6. The van der Waals surface area contributed by atoms with Gasteiger partial charge in [-0.05, 0) is 12.1 Å². The first-order valence-corrected chi connectivity index (χ1v) is 5.06. The summed E-state index contributed by atoms with van der Waals surface area (Å²) in [5, 5.41) is 2.67. The molecule has 1 N–H and O–H groups in total. The van der Waals surface area contributed by atoms with Crippen LogP contribution in [0, 0.1) is 5.92 Å². The van der Waals surface area contributed by atoms with Gasteiger partial charge in [0.1, 0.15) is 0 Å². The van der Waals surface area contributed by atoms with Crippen LogP contribution >= 0.6 is 0 Å². The van der Waals surface area contributed by atoms with Gasteiger partial charge in [0.15, 0.2) is 0 Å². The van der Waals surface area contributed by atoms with Crippen molar-refractivity contribution in [1.82, 2.24) is 5.32 Å². The van der Waals surface area contributed by atoms with Crippen LogP contribution in [0.25, 0.3) is 0 Å². The summed E-state index contributed by atoms with van der Waals surface area (Å²) in [6.07, 6.45) is 0. The number of carbonyl (C=O) groups excluding carboxylic acids is 2. The third-order valence-corrected chi connectivity index (χ3v) is 2.21. The van der Waals surface area contributed by atoms with Crippen molar-refractivity contribution in [1.29, 1.82) is 0 Å². The zero-order valence-electron chi connectivity index (χ0n) is 9.40. The van der Waals surface area contributed by atoms with Gasteiger partial charge in [0.05, 0.1) is 13.0 Å². The number of rotatable bonds is 4. The summed E-state index contributed by atoms with van der Waals surface area (Å²) in [7, 11) is 1.33. The second-order valence-corrected chi connectivity index (χ2v) is 3.50. The van der Waals surface area contributed by atoms with E-state index in [0.717, 1.165) is 0 Å². The average molecular weight is 221 g/mol. The minimum Gasteiger partial charge on any atom is -0.469 e. The van der Waals surface area contributed by atoms with Crippen LogP contribution in [-0.2, 0) is 9.53 Å². The molecule has 0 saturated carbocycles. The van der Waals surface area contributed by atoms with E-state index in [9.17, 15) is 9.59 Å². The molecule has 0 aliphatic heterocycles. The van der Waals surface area contributed by atoms with Crippen molar-refractivity contribution in [2.24, 2.45) is 5.92 Å². The minimum absolute atomic E-state index is 0.184. The Balaban J connectivity index is 2.45. The Morgan fingerprint density at radius 3 is 2.50 bits per heavy atom. The van der Waals surface area contributed by atoms with Crippen LogP contribution in [0.15, 0.2) is 30.3 Å². The molecule has 4 nitrogen and oxygen atoms in total. The van der Waals surface area contributed by atoms with Crippen molar-refractivity contribution >= 4 is 11.9 Å². The van der Waals surface area contributed by atoms with Crippen LogP contribution in [0.2, 0.25) is 0 Å². The molecule has 0 aliphatic carbocycles. The molecule has 4 heteroatoms. The number of ether oxygens (including phenoxy) is 1. The number of esters is 1. The average Bonchev–Trinajstić information content (AvgIpc) is 2.35. The zero-order valence-corrected chi connectivity index (χ0v) is 9.40. The van der Waals surface area contributed by atoms with Crippen molar-refractivity contribution in [2.75, 3.05) is 13.7 Å². The lowest BCUT2D eigenvalue weighted by molar-refractivity contribution is -0.144. The van der Waals surface area contributed by atoms with E-state index < -0.39 is 0 Å². The standard InChI is InChI=1S/C12H15NO3/c1-9(12(15)16-2)8-13-11(14)10-6-4-3-5-7-10/h3-7,9H,8H2,1-2H3,(H,13,14)/t9-/m0/s1. The van der Waals surface area contributed by atoms with Crippen molar-refractivity contribution in [2.45, 2.75) is 6.92 Å². The summed E-state index contributed by atoms with van der Waals surface area (Å²) >= 11 is 0. The van der Waals surface area contributed by atoms with Crippen LogP contribution in [0.3, 0.4) is 0 Å². The predicted molar refractivity (Wildman–Crippen MR) is 60.0 cm³/mol. The van der Waals surface area contributed by atoms with Crippen molar-refractivity contribution in [3.8, 4) is 0 Å². The lowest BCUT2D eigenvalue weighted by atomic mass is 10.1. The van der Waals surface area contributed by atoms with Crippen molar-refractivity contribution in [3.63, 3.8) is 0 Å². The summed E-state index contributed by atoms with van der Waals surface area (Å²) in [5.41, 5.74) is 0.583. The van der Waals surface area contributed by atoms with E-state index in [0.29, 0.717) is 5.56 Å². The van der Waals surface area contributed by atoms with Crippen LogP contribution < -0.4 is 5.32 Å². The van der Waals surface area contributed by atoms with Gasteiger partial charge in [-0.1, -0.05) is 25.1 Å². The molecule has 0 heterocycles. The molecule has 86 valence electrons. The summed E-state index contributed by atoms with van der Waals surface area (Å²) in [6, 6.07) is 8.86. The van der Waals surface area contributed by atoms with Crippen LogP contribution in [0.5, 0.6) is 0 Å². The number of benzene rings is 1. The molecule has 0 radical (unpaired) electrons. The molecule has 0 unspecified atom stereocenters. The number of carbonyl (C=O) groups is 2. The van der Waals surface area contributed by atoms with Crippen LogP contribution in [-0.4, -0.2) is 25.5 Å². The highest BCUT2D eigenvalue weighted by Gasteiger charge is 2.14.